The van der Waals surface area contributed by atoms with Crippen molar-refractivity contribution in [2.24, 2.45) is 5.41 Å². The van der Waals surface area contributed by atoms with Crippen LogP contribution in [-0.2, 0) is 14.2 Å². The number of thioether (sulfide) groups is 1. The number of phenols is 1. The predicted octanol–water partition coefficient (Wildman–Crippen LogP) is 7.31. The van der Waals surface area contributed by atoms with Crippen LogP contribution in [0, 0.1) is 19.3 Å². The van der Waals surface area contributed by atoms with Crippen LogP contribution >= 0.6 is 11.8 Å². The number of esters is 1. The Balaban J connectivity index is 1.30. The van der Waals surface area contributed by atoms with E-state index in [0.29, 0.717) is 29.9 Å². The quantitative estimate of drug-likeness (QED) is 0.336. The molecule has 200 valence electrons. The normalized spacial score (nSPS) is 27.2. The van der Waals surface area contributed by atoms with E-state index in [1.807, 2.05) is 23.9 Å². The van der Waals surface area contributed by atoms with Crippen LogP contribution in [0.2, 0.25) is 0 Å². The molecule has 5 rings (SSSR count). The second kappa shape index (κ2) is 11.1. The monoisotopic (exact) mass is 532 g/mol. The zero-order valence-corrected chi connectivity index (χ0v) is 23.1. The highest BCUT2D eigenvalue weighted by Gasteiger charge is 2.50. The van der Waals surface area contributed by atoms with Gasteiger partial charge in [0.15, 0.2) is 5.79 Å². The molecule has 2 aliphatic heterocycles. The largest absolute Gasteiger partial charge is 0.507 e. The van der Waals surface area contributed by atoms with Gasteiger partial charge in [-0.1, -0.05) is 67.6 Å². The first kappa shape index (κ1) is 26.8. The van der Waals surface area contributed by atoms with Crippen molar-refractivity contribution < 1.29 is 24.1 Å². The van der Waals surface area contributed by atoms with Gasteiger partial charge in [-0.05, 0) is 54.7 Å². The summed E-state index contributed by atoms with van der Waals surface area (Å²) in [6.07, 6.45) is 2.32. The Labute approximate surface area is 229 Å². The van der Waals surface area contributed by atoms with Crippen LogP contribution in [0.3, 0.4) is 0 Å². The summed E-state index contributed by atoms with van der Waals surface area (Å²) in [6, 6.07) is 24.5. The molecule has 3 aromatic carbocycles. The molecule has 0 aliphatic carbocycles. The van der Waals surface area contributed by atoms with Crippen molar-refractivity contribution in [3.05, 3.63) is 101 Å². The summed E-state index contributed by atoms with van der Waals surface area (Å²) in [7, 11) is 0. The Bertz CT molecular complexity index is 1180. The van der Waals surface area contributed by atoms with E-state index in [-0.39, 0.29) is 22.9 Å². The second-order valence-corrected chi connectivity index (χ2v) is 12.1. The third kappa shape index (κ3) is 5.63. The Morgan fingerprint density at radius 3 is 1.89 bits per heavy atom. The fraction of sp³-hybridized carbons (Fsp3) is 0.406. The predicted molar refractivity (Wildman–Crippen MR) is 150 cm³/mol. The Morgan fingerprint density at radius 1 is 0.921 bits per heavy atom. The molecule has 0 bridgehead atoms. The lowest BCUT2D eigenvalue weighted by atomic mass is 9.85. The van der Waals surface area contributed by atoms with Gasteiger partial charge in [-0.15, -0.1) is 11.8 Å². The summed E-state index contributed by atoms with van der Waals surface area (Å²) in [5, 5.41) is 10.5. The highest BCUT2D eigenvalue weighted by Crippen LogP contribution is 2.56. The van der Waals surface area contributed by atoms with Crippen molar-refractivity contribution in [3.8, 4) is 5.75 Å². The number of carbonyl (C=O) groups excluding carboxylic acids is 1. The van der Waals surface area contributed by atoms with Gasteiger partial charge >= 0.3 is 5.97 Å². The summed E-state index contributed by atoms with van der Waals surface area (Å²) < 4.78 is 19.1. The van der Waals surface area contributed by atoms with Gasteiger partial charge < -0.3 is 19.3 Å². The van der Waals surface area contributed by atoms with E-state index in [4.69, 9.17) is 14.2 Å². The second-order valence-electron chi connectivity index (χ2n) is 10.7. The van der Waals surface area contributed by atoms with Crippen LogP contribution in [0.25, 0.3) is 0 Å². The molecule has 5 nitrogen and oxygen atoms in total. The Kier molecular flexibility index (Phi) is 7.85. The minimum atomic E-state index is -0.680. The van der Waals surface area contributed by atoms with Crippen LogP contribution in [0.4, 0.5) is 0 Å². The highest BCUT2D eigenvalue weighted by molar-refractivity contribution is 7.99. The molecule has 6 heteroatoms. The lowest BCUT2D eigenvalue weighted by Gasteiger charge is -2.50. The molecule has 2 aliphatic rings. The molecule has 2 atom stereocenters. The van der Waals surface area contributed by atoms with Crippen LogP contribution in [0.5, 0.6) is 5.75 Å². The third-order valence-electron chi connectivity index (χ3n) is 7.93. The fourth-order valence-electron chi connectivity index (χ4n) is 5.32. The summed E-state index contributed by atoms with van der Waals surface area (Å²) in [4.78, 5) is 12.9. The van der Waals surface area contributed by atoms with Crippen LogP contribution in [0.15, 0.2) is 72.8 Å². The molecule has 2 unspecified atom stereocenters. The van der Waals surface area contributed by atoms with Crippen molar-refractivity contribution in [1.29, 1.82) is 0 Å². The van der Waals surface area contributed by atoms with Gasteiger partial charge in [0, 0.05) is 23.3 Å². The van der Waals surface area contributed by atoms with Crippen LogP contribution in [0.1, 0.15) is 69.3 Å². The third-order valence-corrected chi connectivity index (χ3v) is 9.47. The Hall–Kier alpha value is -2.80. The lowest BCUT2D eigenvalue weighted by Crippen LogP contribution is -2.53. The van der Waals surface area contributed by atoms with E-state index in [2.05, 4.69) is 55.5 Å². The molecule has 0 radical (unpaired) electrons. The maximum Gasteiger partial charge on any atom is 0.338 e. The van der Waals surface area contributed by atoms with Crippen LogP contribution < -0.4 is 0 Å². The maximum atomic E-state index is 12.9. The first-order valence-electron chi connectivity index (χ1n) is 13.3. The molecule has 1 N–H and O–H groups in total. The van der Waals surface area contributed by atoms with E-state index in [9.17, 15) is 9.90 Å². The molecule has 2 heterocycles. The smallest absolute Gasteiger partial charge is 0.338 e. The summed E-state index contributed by atoms with van der Waals surface area (Å²) in [5.41, 5.74) is 3.92. The zero-order valence-electron chi connectivity index (χ0n) is 22.3. The lowest BCUT2D eigenvalue weighted by molar-refractivity contribution is -0.315. The standard InChI is InChI=1S/C32H36O5S/c1-4-31(19-35-30(34)26-15-22(2)29(33)23(3)16-26)20-36-32(37-21-31)17-27(24-11-7-5-8-12-24)38-28(18-32)25-13-9-6-10-14-25/h5-16,27-28,33H,4,17-21H2,1-3H3. The van der Waals surface area contributed by atoms with Gasteiger partial charge in [0.1, 0.15) is 12.4 Å². The number of benzene rings is 3. The minimum absolute atomic E-state index is 0.208. The van der Waals surface area contributed by atoms with E-state index in [1.54, 1.807) is 26.0 Å². The molecule has 3 aromatic rings. The van der Waals surface area contributed by atoms with E-state index in [1.165, 1.54) is 11.1 Å². The number of hydrogen-bond acceptors (Lipinski definition) is 6. The Morgan fingerprint density at radius 2 is 1.42 bits per heavy atom. The summed E-state index contributed by atoms with van der Waals surface area (Å²) in [6.45, 7) is 6.81. The fourth-order valence-corrected chi connectivity index (χ4v) is 7.05. The van der Waals surface area contributed by atoms with E-state index in [0.717, 1.165) is 19.3 Å². The highest BCUT2D eigenvalue weighted by atomic mass is 32.2. The average molecular weight is 533 g/mol. The molecular formula is C32H36O5S. The number of rotatable bonds is 6. The first-order chi connectivity index (χ1) is 18.3. The van der Waals surface area contributed by atoms with Gasteiger partial charge in [0.25, 0.3) is 0 Å². The van der Waals surface area contributed by atoms with Gasteiger partial charge in [-0.3, -0.25) is 0 Å². The molecule has 38 heavy (non-hydrogen) atoms. The summed E-state index contributed by atoms with van der Waals surface area (Å²) >= 11 is 1.98. The molecule has 1 spiro atoms. The molecule has 0 aromatic heterocycles. The molecular weight excluding hydrogens is 496 g/mol. The van der Waals surface area contributed by atoms with Crippen molar-refractivity contribution in [1.82, 2.24) is 0 Å². The maximum absolute atomic E-state index is 12.9. The SMILES string of the molecule is CCC1(COC(=O)c2cc(C)c(O)c(C)c2)COC2(CC(c3ccccc3)SC(c3ccccc3)C2)OC1. The zero-order chi connectivity index (χ0) is 26.8. The average Bonchev–Trinajstić information content (AvgIpc) is 2.96. The van der Waals surface area contributed by atoms with Gasteiger partial charge in [0.2, 0.25) is 0 Å². The number of aryl methyl sites for hydroxylation is 2. The van der Waals surface area contributed by atoms with Crippen molar-refractivity contribution in [2.75, 3.05) is 19.8 Å². The molecule has 0 saturated carbocycles. The first-order valence-corrected chi connectivity index (χ1v) is 14.3. The molecule has 2 fully saturated rings. The number of hydrogen-bond donors (Lipinski definition) is 1. The van der Waals surface area contributed by atoms with Crippen molar-refractivity contribution in [3.63, 3.8) is 0 Å². The summed E-state index contributed by atoms with van der Waals surface area (Å²) in [5.74, 6) is -0.869. The van der Waals surface area contributed by atoms with Crippen LogP contribution in [-0.4, -0.2) is 36.7 Å². The van der Waals surface area contributed by atoms with E-state index >= 15 is 0 Å². The van der Waals surface area contributed by atoms with Gasteiger partial charge in [-0.2, -0.15) is 0 Å². The van der Waals surface area contributed by atoms with Crippen molar-refractivity contribution >= 4 is 17.7 Å². The van der Waals surface area contributed by atoms with Gasteiger partial charge in [0.05, 0.1) is 24.2 Å². The topological polar surface area (TPSA) is 65.0 Å². The number of aromatic hydroxyl groups is 1. The number of phenolic OH excluding ortho intramolecular Hbond substituents is 1. The molecule has 0 amide bonds. The number of carbonyl (C=O) groups is 1. The molecule has 2 saturated heterocycles. The minimum Gasteiger partial charge on any atom is -0.507 e. The van der Waals surface area contributed by atoms with Gasteiger partial charge in [-0.25, -0.2) is 4.79 Å². The van der Waals surface area contributed by atoms with Crippen molar-refractivity contribution in [2.45, 2.75) is 56.3 Å². The number of ether oxygens (including phenoxy) is 3. The van der Waals surface area contributed by atoms with E-state index < -0.39 is 17.2 Å².